The van der Waals surface area contributed by atoms with Crippen molar-refractivity contribution in [1.29, 1.82) is 5.41 Å². The molecule has 0 aliphatic heterocycles. The van der Waals surface area contributed by atoms with Crippen LogP contribution in [0.5, 0.6) is 11.5 Å². The molecule has 0 spiro atoms. The fraction of sp³-hybridized carbons (Fsp3) is 0.304. The lowest BCUT2D eigenvalue weighted by Crippen LogP contribution is -2.36. The van der Waals surface area contributed by atoms with Gasteiger partial charge >= 0.3 is 18.0 Å². The number of aliphatic carboxylic acids is 2. The zero-order chi connectivity index (χ0) is 25.5. The lowest BCUT2D eigenvalue weighted by molar-refractivity contribution is -0.139. The summed E-state index contributed by atoms with van der Waals surface area (Å²) in [7, 11) is 1.42. The summed E-state index contributed by atoms with van der Waals surface area (Å²) >= 11 is 0. The highest BCUT2D eigenvalue weighted by atomic mass is 16.6. The molecule has 0 saturated carbocycles. The Balaban J connectivity index is 2.22. The predicted octanol–water partition coefficient (Wildman–Crippen LogP) is 3.25. The van der Waals surface area contributed by atoms with Gasteiger partial charge in [0.05, 0.1) is 7.11 Å². The molecule has 2 aromatic carbocycles. The number of carboxylic acids is 2. The summed E-state index contributed by atoms with van der Waals surface area (Å²) in [6.07, 6.45) is -0.766. The molecule has 0 radical (unpaired) electrons. The number of benzene rings is 2. The van der Waals surface area contributed by atoms with Gasteiger partial charge in [-0.2, -0.15) is 0 Å². The van der Waals surface area contributed by atoms with Gasteiger partial charge in [0, 0.05) is 16.8 Å². The molecule has 34 heavy (non-hydrogen) atoms. The Bertz CT molecular complexity index is 1060. The van der Waals surface area contributed by atoms with Gasteiger partial charge in [0.1, 0.15) is 22.9 Å². The van der Waals surface area contributed by atoms with Crippen molar-refractivity contribution in [1.82, 2.24) is 5.32 Å². The van der Waals surface area contributed by atoms with E-state index in [0.717, 1.165) is 0 Å². The average Bonchev–Trinajstić information content (AvgIpc) is 2.74. The Kier molecular flexibility index (Phi) is 8.43. The monoisotopic (exact) mass is 473 g/mol. The Morgan fingerprint density at radius 1 is 1.06 bits per heavy atom. The third kappa shape index (κ3) is 7.69. The van der Waals surface area contributed by atoms with Gasteiger partial charge in [-0.3, -0.25) is 10.7 Å². The standard InChI is InChI=1S/C23H27N3O8/c1-23(2,3)34-22(31)26-20(24)13-5-7-14(8-6-13)25-19(21(29)30)16-11-15(32-4)9-10-17(16)33-12-18(27)28/h5-11,19,25H,12H2,1-4H3,(H,27,28)(H,29,30)(H2,24,26,31). The number of carbonyl (C=O) groups is 3. The minimum absolute atomic E-state index is 0.0723. The first-order valence-corrected chi connectivity index (χ1v) is 10.1. The van der Waals surface area contributed by atoms with E-state index in [1.165, 1.54) is 49.6 Å². The number of nitrogens with one attached hydrogen (secondary N) is 3. The van der Waals surface area contributed by atoms with Crippen LogP contribution in [0.4, 0.5) is 10.5 Å². The number of carboxylic acid groups (broad SMARTS) is 2. The number of anilines is 1. The van der Waals surface area contributed by atoms with E-state index in [0.29, 0.717) is 17.0 Å². The van der Waals surface area contributed by atoms with Crippen molar-refractivity contribution >= 4 is 29.6 Å². The van der Waals surface area contributed by atoms with Crippen molar-refractivity contribution in [2.75, 3.05) is 19.0 Å². The van der Waals surface area contributed by atoms with E-state index in [2.05, 4.69) is 10.6 Å². The molecular weight excluding hydrogens is 446 g/mol. The molecule has 0 bridgehead atoms. The fourth-order valence-corrected chi connectivity index (χ4v) is 2.80. The first-order chi connectivity index (χ1) is 15.9. The minimum Gasteiger partial charge on any atom is -0.497 e. The van der Waals surface area contributed by atoms with E-state index in [-0.39, 0.29) is 17.1 Å². The summed E-state index contributed by atoms with van der Waals surface area (Å²) in [6.45, 7) is 4.47. The van der Waals surface area contributed by atoms with Gasteiger partial charge in [-0.1, -0.05) is 0 Å². The number of hydrogen-bond donors (Lipinski definition) is 5. The molecule has 0 fully saturated rings. The second kappa shape index (κ2) is 11.0. The molecule has 0 saturated heterocycles. The molecule has 1 amide bonds. The Morgan fingerprint density at radius 2 is 1.71 bits per heavy atom. The van der Waals surface area contributed by atoms with Crippen molar-refractivity contribution in [3.05, 3.63) is 53.6 Å². The van der Waals surface area contributed by atoms with Crippen LogP contribution in [0.1, 0.15) is 37.9 Å². The van der Waals surface area contributed by atoms with Crippen molar-refractivity contribution in [2.45, 2.75) is 32.4 Å². The number of hydrogen-bond acceptors (Lipinski definition) is 8. The van der Waals surface area contributed by atoms with Crippen LogP contribution in [-0.2, 0) is 14.3 Å². The van der Waals surface area contributed by atoms with Crippen LogP contribution in [0.3, 0.4) is 0 Å². The molecule has 5 N–H and O–H groups in total. The van der Waals surface area contributed by atoms with Gasteiger partial charge < -0.3 is 29.7 Å². The van der Waals surface area contributed by atoms with Gasteiger partial charge in [-0.25, -0.2) is 14.4 Å². The summed E-state index contributed by atoms with van der Waals surface area (Å²) < 4.78 is 15.5. The number of ether oxygens (including phenoxy) is 3. The quantitative estimate of drug-likeness (QED) is 0.271. The lowest BCUT2D eigenvalue weighted by atomic mass is 10.0. The molecular formula is C23H27N3O8. The molecule has 11 heteroatoms. The maximum Gasteiger partial charge on any atom is 0.413 e. The largest absolute Gasteiger partial charge is 0.497 e. The second-order valence-corrected chi connectivity index (χ2v) is 8.08. The van der Waals surface area contributed by atoms with Crippen LogP contribution >= 0.6 is 0 Å². The van der Waals surface area contributed by atoms with Gasteiger partial charge in [-0.05, 0) is 63.2 Å². The topological polar surface area (TPSA) is 167 Å². The summed E-state index contributed by atoms with van der Waals surface area (Å²) in [4.78, 5) is 34.8. The predicted molar refractivity (Wildman–Crippen MR) is 123 cm³/mol. The normalized spacial score (nSPS) is 11.6. The number of rotatable bonds is 9. The van der Waals surface area contributed by atoms with Crippen molar-refractivity contribution in [3.8, 4) is 11.5 Å². The number of carbonyl (C=O) groups excluding carboxylic acids is 1. The van der Waals surface area contributed by atoms with Gasteiger partial charge in [0.25, 0.3) is 0 Å². The molecule has 2 aromatic rings. The van der Waals surface area contributed by atoms with E-state index in [1.54, 1.807) is 20.8 Å². The van der Waals surface area contributed by atoms with Crippen molar-refractivity contribution in [3.63, 3.8) is 0 Å². The van der Waals surface area contributed by atoms with E-state index in [9.17, 15) is 19.5 Å². The van der Waals surface area contributed by atoms with Crippen molar-refractivity contribution in [2.24, 2.45) is 0 Å². The van der Waals surface area contributed by atoms with E-state index in [4.69, 9.17) is 24.7 Å². The van der Waals surface area contributed by atoms with Crippen LogP contribution < -0.4 is 20.1 Å². The van der Waals surface area contributed by atoms with Crippen molar-refractivity contribution < 1.29 is 38.8 Å². The number of alkyl carbamates (subject to hydrolysis) is 1. The average molecular weight is 473 g/mol. The summed E-state index contributed by atoms with van der Waals surface area (Å²) in [5, 5.41) is 31.9. The molecule has 11 nitrogen and oxygen atoms in total. The SMILES string of the molecule is COc1ccc(OCC(=O)O)c(C(Nc2ccc(C(=N)NC(=O)OC(C)(C)C)cc2)C(=O)O)c1. The van der Waals surface area contributed by atoms with Gasteiger partial charge in [-0.15, -0.1) is 0 Å². The Morgan fingerprint density at radius 3 is 2.24 bits per heavy atom. The smallest absolute Gasteiger partial charge is 0.413 e. The first-order valence-electron chi connectivity index (χ1n) is 10.1. The number of amidine groups is 1. The summed E-state index contributed by atoms with van der Waals surface area (Å²) in [5.41, 5.74) is 0.219. The van der Waals surface area contributed by atoms with Gasteiger partial charge in [0.15, 0.2) is 12.6 Å². The molecule has 0 aliphatic rings. The lowest BCUT2D eigenvalue weighted by Gasteiger charge is -2.21. The molecule has 1 atom stereocenters. The molecule has 0 heterocycles. The minimum atomic E-state index is -1.30. The molecule has 182 valence electrons. The number of methoxy groups -OCH3 is 1. The maximum atomic E-state index is 12.0. The van der Waals surface area contributed by atoms with Crippen LogP contribution in [0, 0.1) is 5.41 Å². The van der Waals surface area contributed by atoms with Crippen LogP contribution in [-0.4, -0.2) is 53.4 Å². The highest BCUT2D eigenvalue weighted by Gasteiger charge is 2.25. The fourth-order valence-electron chi connectivity index (χ4n) is 2.80. The third-order valence-corrected chi connectivity index (χ3v) is 4.24. The summed E-state index contributed by atoms with van der Waals surface area (Å²) in [5.74, 6) is -2.20. The zero-order valence-corrected chi connectivity index (χ0v) is 19.2. The zero-order valence-electron chi connectivity index (χ0n) is 19.2. The Labute approximate surface area is 196 Å². The molecule has 0 aliphatic carbocycles. The van der Waals surface area contributed by atoms with Crippen LogP contribution in [0.15, 0.2) is 42.5 Å². The van der Waals surface area contributed by atoms with E-state index >= 15 is 0 Å². The van der Waals surface area contributed by atoms with Crippen LogP contribution in [0.2, 0.25) is 0 Å². The summed E-state index contributed by atoms with van der Waals surface area (Å²) in [6, 6.07) is 9.21. The third-order valence-electron chi connectivity index (χ3n) is 4.24. The molecule has 2 rings (SSSR count). The second-order valence-electron chi connectivity index (χ2n) is 8.08. The molecule has 0 aromatic heterocycles. The van der Waals surface area contributed by atoms with E-state index in [1.807, 2.05) is 0 Å². The first kappa shape index (κ1) is 26.0. The highest BCUT2D eigenvalue weighted by Crippen LogP contribution is 2.32. The van der Waals surface area contributed by atoms with E-state index < -0.39 is 36.3 Å². The number of amides is 1. The maximum absolute atomic E-state index is 12.0. The Hall–Kier alpha value is -4.28. The molecule has 1 unspecified atom stereocenters. The van der Waals surface area contributed by atoms with Gasteiger partial charge in [0.2, 0.25) is 0 Å². The highest BCUT2D eigenvalue weighted by molar-refractivity contribution is 6.04. The van der Waals surface area contributed by atoms with Crippen LogP contribution in [0.25, 0.3) is 0 Å².